The molecule has 0 saturated heterocycles. The summed E-state index contributed by atoms with van der Waals surface area (Å²) in [7, 11) is 1.47. The summed E-state index contributed by atoms with van der Waals surface area (Å²) < 4.78 is 9.55. The van der Waals surface area contributed by atoms with E-state index in [9.17, 15) is 0 Å². The SMILES string of the molecule is COc1n[nH]nc1OCCl. The van der Waals surface area contributed by atoms with Gasteiger partial charge < -0.3 is 9.47 Å². The lowest BCUT2D eigenvalue weighted by Gasteiger charge is -1.96. The molecule has 0 aliphatic carbocycles. The fourth-order valence-electron chi connectivity index (χ4n) is 0.490. The molecular weight excluding hydrogens is 158 g/mol. The van der Waals surface area contributed by atoms with Crippen molar-refractivity contribution in [3.8, 4) is 11.8 Å². The van der Waals surface area contributed by atoms with Crippen LogP contribution in [-0.2, 0) is 0 Å². The van der Waals surface area contributed by atoms with Crippen molar-refractivity contribution in [2.45, 2.75) is 0 Å². The molecule has 6 heteroatoms. The maximum absolute atomic E-state index is 5.26. The van der Waals surface area contributed by atoms with Gasteiger partial charge in [0.25, 0.3) is 11.8 Å². The van der Waals surface area contributed by atoms with Crippen molar-refractivity contribution >= 4 is 11.6 Å². The fourth-order valence-corrected chi connectivity index (χ4v) is 0.593. The molecule has 1 aromatic rings. The lowest BCUT2D eigenvalue weighted by Crippen LogP contribution is -1.92. The Bertz CT molecular complexity index is 202. The van der Waals surface area contributed by atoms with E-state index in [1.54, 1.807) is 0 Å². The van der Waals surface area contributed by atoms with Crippen molar-refractivity contribution in [3.05, 3.63) is 0 Å². The highest BCUT2D eigenvalue weighted by Crippen LogP contribution is 2.18. The quantitative estimate of drug-likeness (QED) is 0.655. The molecule has 1 N–H and O–H groups in total. The molecule has 0 unspecified atom stereocenters. The van der Waals surface area contributed by atoms with Crippen LogP contribution in [0.2, 0.25) is 0 Å². The van der Waals surface area contributed by atoms with Crippen molar-refractivity contribution in [1.82, 2.24) is 15.4 Å². The van der Waals surface area contributed by atoms with Gasteiger partial charge in [0.2, 0.25) is 0 Å². The summed E-state index contributed by atoms with van der Waals surface area (Å²) in [4.78, 5) is 0. The Morgan fingerprint density at radius 3 is 2.80 bits per heavy atom. The van der Waals surface area contributed by atoms with E-state index in [-0.39, 0.29) is 11.9 Å². The smallest absolute Gasteiger partial charge is 0.299 e. The number of ether oxygens (including phenoxy) is 2. The molecule has 0 fully saturated rings. The Labute approximate surface area is 62.3 Å². The summed E-state index contributed by atoms with van der Waals surface area (Å²) in [6.45, 7) is 0. The standard InChI is InChI=1S/C4H6ClN3O2/c1-9-3-4(10-2-5)7-8-6-3/h2H2,1H3,(H,6,7,8). The van der Waals surface area contributed by atoms with Crippen LogP contribution in [0.25, 0.3) is 0 Å². The first kappa shape index (κ1) is 7.14. The van der Waals surface area contributed by atoms with Crippen LogP contribution in [0.5, 0.6) is 11.8 Å². The number of aromatic amines is 1. The Kier molecular flexibility index (Phi) is 2.33. The minimum Gasteiger partial charge on any atom is -0.476 e. The molecule has 0 amide bonds. The van der Waals surface area contributed by atoms with Crippen LogP contribution in [0.1, 0.15) is 0 Å². The molecule has 0 atom stereocenters. The van der Waals surface area contributed by atoms with E-state index < -0.39 is 0 Å². The van der Waals surface area contributed by atoms with Crippen molar-refractivity contribution in [3.63, 3.8) is 0 Å². The molecule has 0 saturated carbocycles. The predicted octanol–water partition coefficient (Wildman–Crippen LogP) is 0.388. The predicted molar refractivity (Wildman–Crippen MR) is 34.3 cm³/mol. The second-order valence-electron chi connectivity index (χ2n) is 1.39. The summed E-state index contributed by atoms with van der Waals surface area (Å²) >= 11 is 5.26. The van der Waals surface area contributed by atoms with Crippen LogP contribution in [-0.4, -0.2) is 28.6 Å². The molecule has 0 aliphatic rings. The highest BCUT2D eigenvalue weighted by atomic mass is 35.5. The zero-order valence-corrected chi connectivity index (χ0v) is 6.05. The first-order valence-corrected chi connectivity index (χ1v) is 3.05. The largest absolute Gasteiger partial charge is 0.476 e. The van der Waals surface area contributed by atoms with E-state index in [1.807, 2.05) is 0 Å². The number of nitrogens with zero attached hydrogens (tertiary/aromatic N) is 2. The number of halogens is 1. The van der Waals surface area contributed by atoms with E-state index in [1.165, 1.54) is 7.11 Å². The van der Waals surface area contributed by atoms with Crippen LogP contribution in [0.15, 0.2) is 0 Å². The average Bonchev–Trinajstić information content (AvgIpc) is 2.36. The van der Waals surface area contributed by atoms with Gasteiger partial charge in [-0.2, -0.15) is 5.21 Å². The molecule has 56 valence electrons. The summed E-state index contributed by atoms with van der Waals surface area (Å²) in [5.74, 6) is 0.582. The molecule has 0 spiro atoms. The monoisotopic (exact) mass is 163 g/mol. The lowest BCUT2D eigenvalue weighted by molar-refractivity contribution is 0.327. The van der Waals surface area contributed by atoms with Gasteiger partial charge >= 0.3 is 0 Å². The number of methoxy groups -OCH3 is 1. The zero-order valence-electron chi connectivity index (χ0n) is 5.30. The first-order valence-electron chi connectivity index (χ1n) is 2.52. The van der Waals surface area contributed by atoms with Crippen molar-refractivity contribution in [2.24, 2.45) is 0 Å². The third kappa shape index (κ3) is 1.30. The van der Waals surface area contributed by atoms with Crippen LogP contribution >= 0.6 is 11.6 Å². The maximum Gasteiger partial charge on any atom is 0.299 e. The van der Waals surface area contributed by atoms with E-state index in [0.717, 1.165) is 0 Å². The molecule has 0 aromatic carbocycles. The molecule has 1 aromatic heterocycles. The van der Waals surface area contributed by atoms with Gasteiger partial charge in [-0.3, -0.25) is 0 Å². The highest BCUT2D eigenvalue weighted by Gasteiger charge is 2.06. The zero-order chi connectivity index (χ0) is 7.40. The van der Waals surface area contributed by atoms with E-state index in [2.05, 4.69) is 15.4 Å². The second-order valence-corrected chi connectivity index (χ2v) is 1.61. The van der Waals surface area contributed by atoms with Gasteiger partial charge in [-0.25, -0.2) is 0 Å². The fraction of sp³-hybridized carbons (Fsp3) is 0.500. The van der Waals surface area contributed by atoms with Gasteiger partial charge in [0, 0.05) is 0 Å². The minimum atomic E-state index is 0.0306. The number of aromatic nitrogens is 3. The lowest BCUT2D eigenvalue weighted by atomic mass is 10.8. The van der Waals surface area contributed by atoms with Crippen LogP contribution < -0.4 is 9.47 Å². The van der Waals surface area contributed by atoms with Crippen LogP contribution in [0.3, 0.4) is 0 Å². The van der Waals surface area contributed by atoms with Gasteiger partial charge in [-0.1, -0.05) is 11.6 Å². The summed E-state index contributed by atoms with van der Waals surface area (Å²) in [5, 5.41) is 9.55. The van der Waals surface area contributed by atoms with Gasteiger partial charge in [0.15, 0.2) is 6.07 Å². The second kappa shape index (κ2) is 3.26. The van der Waals surface area contributed by atoms with Crippen molar-refractivity contribution in [2.75, 3.05) is 13.2 Å². The van der Waals surface area contributed by atoms with Crippen molar-refractivity contribution in [1.29, 1.82) is 0 Å². The Balaban J connectivity index is 2.70. The molecule has 0 aliphatic heterocycles. The molecule has 0 bridgehead atoms. The van der Waals surface area contributed by atoms with E-state index in [4.69, 9.17) is 21.1 Å². The summed E-state index contributed by atoms with van der Waals surface area (Å²) in [6, 6.07) is 0.0306. The molecule has 10 heavy (non-hydrogen) atoms. The number of alkyl halides is 1. The molecular formula is C4H6ClN3O2. The highest BCUT2D eigenvalue weighted by molar-refractivity contribution is 6.17. The maximum atomic E-state index is 5.26. The van der Waals surface area contributed by atoms with E-state index >= 15 is 0 Å². The third-order valence-electron chi connectivity index (χ3n) is 0.871. The average molecular weight is 164 g/mol. The minimum absolute atomic E-state index is 0.0306. The van der Waals surface area contributed by atoms with Gasteiger partial charge in [-0.05, 0) is 0 Å². The number of hydrogen-bond acceptors (Lipinski definition) is 4. The number of rotatable bonds is 3. The Hall–Kier alpha value is -0.970. The number of hydrogen-bond donors (Lipinski definition) is 1. The Morgan fingerprint density at radius 1 is 1.50 bits per heavy atom. The van der Waals surface area contributed by atoms with Crippen molar-refractivity contribution < 1.29 is 9.47 Å². The normalized spacial score (nSPS) is 9.40. The van der Waals surface area contributed by atoms with E-state index in [0.29, 0.717) is 5.88 Å². The van der Waals surface area contributed by atoms with Crippen LogP contribution in [0, 0.1) is 0 Å². The van der Waals surface area contributed by atoms with Crippen LogP contribution in [0.4, 0.5) is 0 Å². The molecule has 1 heterocycles. The third-order valence-corrected chi connectivity index (χ3v) is 0.980. The first-order chi connectivity index (χ1) is 4.88. The molecule has 5 nitrogen and oxygen atoms in total. The number of H-pyrrole nitrogens is 1. The summed E-state index contributed by atoms with van der Waals surface area (Å²) in [6.07, 6.45) is 0. The molecule has 0 radical (unpaired) electrons. The Morgan fingerprint density at radius 2 is 2.20 bits per heavy atom. The summed E-state index contributed by atoms with van der Waals surface area (Å²) in [5.41, 5.74) is 0. The van der Waals surface area contributed by atoms with Gasteiger partial charge in [0.05, 0.1) is 7.11 Å². The van der Waals surface area contributed by atoms with Gasteiger partial charge in [-0.15, -0.1) is 10.2 Å². The van der Waals surface area contributed by atoms with Gasteiger partial charge in [0.1, 0.15) is 0 Å². The number of nitrogens with one attached hydrogen (secondary N) is 1. The molecule has 1 rings (SSSR count). The topological polar surface area (TPSA) is 60.0 Å².